The minimum atomic E-state index is -0.0603. The zero-order valence-electron chi connectivity index (χ0n) is 9.68. The predicted molar refractivity (Wildman–Crippen MR) is 67.3 cm³/mol. The number of rotatable bonds is 4. The lowest BCUT2D eigenvalue weighted by Gasteiger charge is -2.08. The Kier molecular flexibility index (Phi) is 3.45. The maximum atomic E-state index is 11.3. The Balaban J connectivity index is 1.96. The molecular formula is C13H15N3O. The number of hydrogen-bond donors (Lipinski definition) is 2. The first kappa shape index (κ1) is 11.3. The van der Waals surface area contributed by atoms with E-state index < -0.39 is 0 Å². The van der Waals surface area contributed by atoms with E-state index in [2.05, 4.69) is 10.7 Å². The minimum Gasteiger partial charge on any atom is -0.355 e. The van der Waals surface area contributed by atoms with Gasteiger partial charge in [0.25, 0.3) is 5.91 Å². The molecule has 0 bridgehead atoms. The molecule has 0 aliphatic carbocycles. The summed E-state index contributed by atoms with van der Waals surface area (Å²) in [7, 11) is 1.63. The van der Waals surface area contributed by atoms with Gasteiger partial charge in [0.05, 0.1) is 6.54 Å². The summed E-state index contributed by atoms with van der Waals surface area (Å²) in [5.41, 5.74) is 5.03. The van der Waals surface area contributed by atoms with Crippen molar-refractivity contribution in [1.29, 1.82) is 0 Å². The van der Waals surface area contributed by atoms with Crippen molar-refractivity contribution in [2.45, 2.75) is 6.54 Å². The average Bonchev–Trinajstić information content (AvgIpc) is 2.89. The highest BCUT2D eigenvalue weighted by Crippen LogP contribution is 2.04. The lowest BCUT2D eigenvalue weighted by Crippen LogP contribution is -2.17. The van der Waals surface area contributed by atoms with E-state index in [1.165, 1.54) is 0 Å². The van der Waals surface area contributed by atoms with Gasteiger partial charge in [-0.15, -0.1) is 0 Å². The van der Waals surface area contributed by atoms with Gasteiger partial charge < -0.3 is 10.7 Å². The molecule has 2 aromatic rings. The summed E-state index contributed by atoms with van der Waals surface area (Å²) in [6.45, 7) is 0.725. The third-order valence-electron chi connectivity index (χ3n) is 2.51. The Labute approximate surface area is 100 Å². The number of nitrogens with one attached hydrogen (secondary N) is 2. The second-order valence-corrected chi connectivity index (χ2v) is 3.70. The molecule has 0 saturated carbocycles. The molecule has 2 N–H and O–H groups in total. The lowest BCUT2D eigenvalue weighted by molar-refractivity contribution is 0.0963. The summed E-state index contributed by atoms with van der Waals surface area (Å²) in [4.78, 5) is 11.3. The van der Waals surface area contributed by atoms with Gasteiger partial charge in [0, 0.05) is 25.0 Å². The molecule has 0 unspecified atom stereocenters. The van der Waals surface area contributed by atoms with Gasteiger partial charge >= 0.3 is 0 Å². The number of hydrogen-bond acceptors (Lipinski definition) is 2. The third kappa shape index (κ3) is 2.87. The van der Waals surface area contributed by atoms with Crippen molar-refractivity contribution < 1.29 is 4.79 Å². The molecule has 0 aliphatic heterocycles. The first-order chi connectivity index (χ1) is 8.29. The zero-order valence-corrected chi connectivity index (χ0v) is 9.68. The molecule has 2 rings (SSSR count). The molecule has 1 aromatic carbocycles. The summed E-state index contributed by atoms with van der Waals surface area (Å²) >= 11 is 0. The first-order valence-corrected chi connectivity index (χ1v) is 5.47. The molecule has 0 spiro atoms. The highest BCUT2D eigenvalue weighted by Gasteiger charge is 2.01. The number of carbonyl (C=O) groups is 1. The standard InChI is InChI=1S/C13H15N3O/c1-14-13(17)12-6-4-11(5-7-12)10-15-16-8-2-3-9-16/h2-9,15H,10H2,1H3,(H,14,17). The molecule has 1 heterocycles. The number of amides is 1. The normalized spacial score (nSPS) is 9.94. The molecule has 0 radical (unpaired) electrons. The molecule has 0 fully saturated rings. The van der Waals surface area contributed by atoms with Crippen LogP contribution in [0.15, 0.2) is 48.8 Å². The largest absolute Gasteiger partial charge is 0.355 e. The molecule has 4 nitrogen and oxygen atoms in total. The Morgan fingerprint density at radius 2 is 1.82 bits per heavy atom. The highest BCUT2D eigenvalue weighted by atomic mass is 16.1. The zero-order chi connectivity index (χ0) is 12.1. The van der Waals surface area contributed by atoms with Crippen LogP contribution in [0.2, 0.25) is 0 Å². The van der Waals surface area contributed by atoms with E-state index in [9.17, 15) is 4.79 Å². The summed E-state index contributed by atoms with van der Waals surface area (Å²) in [5, 5.41) is 2.60. The average molecular weight is 229 g/mol. The fraction of sp³-hybridized carbons (Fsp3) is 0.154. The van der Waals surface area contributed by atoms with Crippen molar-refractivity contribution in [3.05, 3.63) is 59.9 Å². The molecule has 0 aliphatic rings. The van der Waals surface area contributed by atoms with Gasteiger partial charge in [-0.1, -0.05) is 12.1 Å². The summed E-state index contributed by atoms with van der Waals surface area (Å²) < 4.78 is 1.90. The van der Waals surface area contributed by atoms with E-state index in [1.54, 1.807) is 7.05 Å². The molecule has 1 aromatic heterocycles. The molecule has 0 atom stereocenters. The maximum Gasteiger partial charge on any atom is 0.251 e. The first-order valence-electron chi connectivity index (χ1n) is 5.47. The lowest BCUT2D eigenvalue weighted by atomic mass is 10.1. The number of aromatic nitrogens is 1. The minimum absolute atomic E-state index is 0.0603. The van der Waals surface area contributed by atoms with Crippen LogP contribution in [-0.2, 0) is 6.54 Å². The van der Waals surface area contributed by atoms with Gasteiger partial charge in [-0.3, -0.25) is 9.47 Å². The van der Waals surface area contributed by atoms with E-state index in [0.717, 1.165) is 12.1 Å². The number of benzene rings is 1. The van der Waals surface area contributed by atoms with Crippen molar-refractivity contribution in [2.24, 2.45) is 0 Å². The molecule has 88 valence electrons. The Bertz CT molecular complexity index is 474. The van der Waals surface area contributed by atoms with Crippen LogP contribution < -0.4 is 10.7 Å². The van der Waals surface area contributed by atoms with Gasteiger partial charge in [-0.25, -0.2) is 0 Å². The van der Waals surface area contributed by atoms with Crippen molar-refractivity contribution in [2.75, 3.05) is 12.5 Å². The van der Waals surface area contributed by atoms with Gasteiger partial charge in [0.2, 0.25) is 0 Å². The van der Waals surface area contributed by atoms with Gasteiger partial charge in [0.15, 0.2) is 0 Å². The molecule has 0 saturated heterocycles. The Hall–Kier alpha value is -2.23. The van der Waals surface area contributed by atoms with Crippen LogP contribution >= 0.6 is 0 Å². The van der Waals surface area contributed by atoms with Crippen molar-refractivity contribution in [1.82, 2.24) is 9.99 Å². The fourth-order valence-corrected chi connectivity index (χ4v) is 1.54. The Morgan fingerprint density at radius 3 is 2.41 bits per heavy atom. The van der Waals surface area contributed by atoms with Gasteiger partial charge in [-0.05, 0) is 29.8 Å². The van der Waals surface area contributed by atoms with E-state index in [1.807, 2.05) is 53.5 Å². The smallest absolute Gasteiger partial charge is 0.251 e. The van der Waals surface area contributed by atoms with Crippen molar-refractivity contribution in [3.63, 3.8) is 0 Å². The Morgan fingerprint density at radius 1 is 1.18 bits per heavy atom. The van der Waals surface area contributed by atoms with E-state index in [0.29, 0.717) is 5.56 Å². The topological polar surface area (TPSA) is 46.1 Å². The van der Waals surface area contributed by atoms with Crippen LogP contribution in [0, 0.1) is 0 Å². The second-order valence-electron chi connectivity index (χ2n) is 3.70. The number of nitrogens with zero attached hydrogens (tertiary/aromatic N) is 1. The quantitative estimate of drug-likeness (QED) is 0.836. The van der Waals surface area contributed by atoms with Crippen LogP contribution in [0.5, 0.6) is 0 Å². The van der Waals surface area contributed by atoms with E-state index in [4.69, 9.17) is 0 Å². The summed E-state index contributed by atoms with van der Waals surface area (Å²) in [6.07, 6.45) is 3.89. The van der Waals surface area contributed by atoms with Crippen LogP contribution in [0.1, 0.15) is 15.9 Å². The van der Waals surface area contributed by atoms with Gasteiger partial charge in [0.1, 0.15) is 0 Å². The van der Waals surface area contributed by atoms with E-state index in [-0.39, 0.29) is 5.91 Å². The number of carbonyl (C=O) groups excluding carboxylic acids is 1. The maximum absolute atomic E-state index is 11.3. The molecule has 17 heavy (non-hydrogen) atoms. The van der Waals surface area contributed by atoms with Crippen LogP contribution in [0.25, 0.3) is 0 Å². The van der Waals surface area contributed by atoms with E-state index >= 15 is 0 Å². The molecule has 4 heteroatoms. The van der Waals surface area contributed by atoms with Crippen molar-refractivity contribution >= 4 is 5.91 Å². The van der Waals surface area contributed by atoms with Crippen molar-refractivity contribution in [3.8, 4) is 0 Å². The molecular weight excluding hydrogens is 214 g/mol. The monoisotopic (exact) mass is 229 g/mol. The van der Waals surface area contributed by atoms with Crippen LogP contribution in [-0.4, -0.2) is 17.6 Å². The fourth-order valence-electron chi connectivity index (χ4n) is 1.54. The predicted octanol–water partition coefficient (Wildman–Crippen LogP) is 1.59. The highest BCUT2D eigenvalue weighted by molar-refractivity contribution is 5.93. The van der Waals surface area contributed by atoms with Gasteiger partial charge in [-0.2, -0.15) is 0 Å². The van der Waals surface area contributed by atoms with Crippen LogP contribution in [0.4, 0.5) is 0 Å². The van der Waals surface area contributed by atoms with Crippen LogP contribution in [0.3, 0.4) is 0 Å². The summed E-state index contributed by atoms with van der Waals surface area (Å²) in [5.74, 6) is -0.0603. The third-order valence-corrected chi connectivity index (χ3v) is 2.51. The SMILES string of the molecule is CNC(=O)c1ccc(CNn2cccc2)cc1. The molecule has 1 amide bonds. The second kappa shape index (κ2) is 5.21. The summed E-state index contributed by atoms with van der Waals surface area (Å²) in [6, 6.07) is 11.5.